The molecular weight excluding hydrogens is 256 g/mol. The fourth-order valence-electron chi connectivity index (χ4n) is 0.984. The molecule has 0 spiro atoms. The Morgan fingerprint density at radius 3 is 2.35 bits per heavy atom. The van der Waals surface area contributed by atoms with Crippen molar-refractivity contribution in [2.75, 3.05) is 39.2 Å². The zero-order valence-electron chi connectivity index (χ0n) is 13.0. The fourth-order valence-corrected chi connectivity index (χ4v) is 0.984. The van der Waals surface area contributed by atoms with Gasteiger partial charge in [-0.2, -0.15) is 0 Å². The maximum Gasteiger partial charge on any atom is 0.133 e. The number of nitrogens with two attached hydrogens (primary N) is 1. The number of nitrogens with one attached hydrogen (secondary N) is 1. The van der Waals surface area contributed by atoms with E-state index < -0.39 is 0 Å². The number of methoxy groups -OCH3 is 1. The van der Waals surface area contributed by atoms with Gasteiger partial charge in [0.15, 0.2) is 0 Å². The van der Waals surface area contributed by atoms with E-state index in [2.05, 4.69) is 24.9 Å². The topological polar surface area (TPSA) is 73.6 Å². The summed E-state index contributed by atoms with van der Waals surface area (Å²) in [4.78, 5) is 9.05. The van der Waals surface area contributed by atoms with Gasteiger partial charge in [-0.1, -0.05) is 26.3 Å². The number of anilines is 1. The van der Waals surface area contributed by atoms with Gasteiger partial charge in [0.25, 0.3) is 0 Å². The van der Waals surface area contributed by atoms with Crippen molar-refractivity contribution < 1.29 is 14.3 Å². The lowest BCUT2D eigenvalue weighted by molar-refractivity contribution is -0.106. The highest BCUT2D eigenvalue weighted by molar-refractivity contribution is 5.51. The molecule has 1 aromatic carbocycles. The average Bonchev–Trinajstić information content (AvgIpc) is 2.49. The van der Waals surface area contributed by atoms with Crippen LogP contribution in [0.3, 0.4) is 0 Å². The summed E-state index contributed by atoms with van der Waals surface area (Å²) in [5, 5.41) is 3.05. The number of hydrogen-bond acceptors (Lipinski definition) is 5. The second-order valence-electron chi connectivity index (χ2n) is 3.73. The van der Waals surface area contributed by atoms with Crippen LogP contribution in [-0.2, 0) is 9.53 Å². The van der Waals surface area contributed by atoms with Crippen molar-refractivity contribution in [3.8, 4) is 5.75 Å². The van der Waals surface area contributed by atoms with Crippen molar-refractivity contribution >= 4 is 12.0 Å². The molecule has 0 aliphatic rings. The first-order valence-electron chi connectivity index (χ1n) is 6.73. The third kappa shape index (κ3) is 14.5. The van der Waals surface area contributed by atoms with E-state index in [4.69, 9.17) is 14.3 Å². The number of benzene rings is 1. The fraction of sp³-hybridized carbons (Fsp3) is 0.533. The predicted molar refractivity (Wildman–Crippen MR) is 84.4 cm³/mol. The van der Waals surface area contributed by atoms with Crippen LogP contribution < -0.4 is 15.8 Å². The molecule has 0 saturated carbocycles. The molecule has 0 radical (unpaired) electrons. The van der Waals surface area contributed by atoms with E-state index in [1.54, 1.807) is 7.11 Å². The molecule has 116 valence electrons. The smallest absolute Gasteiger partial charge is 0.133 e. The Morgan fingerprint density at radius 2 is 1.90 bits per heavy atom. The van der Waals surface area contributed by atoms with Crippen molar-refractivity contribution in [1.82, 2.24) is 0 Å². The molecule has 0 aromatic heterocycles. The van der Waals surface area contributed by atoms with Gasteiger partial charge < -0.3 is 25.3 Å². The highest BCUT2D eigenvalue weighted by Gasteiger charge is 1.94. The molecule has 0 aliphatic carbocycles. The van der Waals surface area contributed by atoms with Gasteiger partial charge >= 0.3 is 0 Å². The SMILES string of the molecule is CCC.CNc1cccc(OCCOC)c1.NCC=O. The monoisotopic (exact) mass is 284 g/mol. The lowest BCUT2D eigenvalue weighted by Crippen LogP contribution is -2.04. The van der Waals surface area contributed by atoms with Crippen molar-refractivity contribution in [3.63, 3.8) is 0 Å². The Morgan fingerprint density at radius 1 is 1.30 bits per heavy atom. The molecule has 0 fully saturated rings. The summed E-state index contributed by atoms with van der Waals surface area (Å²) in [6, 6.07) is 7.82. The summed E-state index contributed by atoms with van der Waals surface area (Å²) >= 11 is 0. The number of carbonyl (C=O) groups is 1. The molecule has 1 aromatic rings. The minimum absolute atomic E-state index is 0.139. The Balaban J connectivity index is 0. The molecule has 0 unspecified atom stereocenters. The first kappa shape index (κ1) is 20.7. The lowest BCUT2D eigenvalue weighted by atomic mass is 10.3. The second-order valence-corrected chi connectivity index (χ2v) is 3.73. The summed E-state index contributed by atoms with van der Waals surface area (Å²) in [6.45, 7) is 5.59. The van der Waals surface area contributed by atoms with E-state index in [1.807, 2.05) is 31.3 Å². The summed E-state index contributed by atoms with van der Waals surface area (Å²) in [5.74, 6) is 0.865. The number of carbonyl (C=O) groups excluding carboxylic acids is 1. The Labute approximate surface area is 122 Å². The molecule has 0 saturated heterocycles. The van der Waals surface area contributed by atoms with Gasteiger partial charge in [0, 0.05) is 32.5 Å². The summed E-state index contributed by atoms with van der Waals surface area (Å²) < 4.78 is 10.3. The van der Waals surface area contributed by atoms with E-state index >= 15 is 0 Å². The van der Waals surface area contributed by atoms with E-state index in [0.717, 1.165) is 11.4 Å². The normalized spacial score (nSPS) is 8.45. The molecule has 5 nitrogen and oxygen atoms in total. The summed E-state index contributed by atoms with van der Waals surface area (Å²) in [6.07, 6.45) is 1.90. The van der Waals surface area contributed by atoms with Crippen LogP contribution in [0.2, 0.25) is 0 Å². The Bertz CT molecular complexity index is 320. The molecule has 0 heterocycles. The van der Waals surface area contributed by atoms with Gasteiger partial charge in [-0.25, -0.2) is 0 Å². The lowest BCUT2D eigenvalue weighted by Gasteiger charge is -2.06. The van der Waals surface area contributed by atoms with Crippen molar-refractivity contribution in [2.24, 2.45) is 5.73 Å². The van der Waals surface area contributed by atoms with Crippen LogP contribution >= 0.6 is 0 Å². The zero-order valence-corrected chi connectivity index (χ0v) is 13.0. The number of ether oxygens (including phenoxy) is 2. The summed E-state index contributed by atoms with van der Waals surface area (Å²) in [7, 11) is 3.54. The van der Waals surface area contributed by atoms with Gasteiger partial charge in [-0.15, -0.1) is 0 Å². The Hall–Kier alpha value is -1.59. The van der Waals surface area contributed by atoms with Gasteiger partial charge in [0.05, 0.1) is 6.61 Å². The molecule has 0 atom stereocenters. The first-order valence-corrected chi connectivity index (χ1v) is 6.73. The summed E-state index contributed by atoms with van der Waals surface area (Å²) in [5.41, 5.74) is 5.71. The van der Waals surface area contributed by atoms with Crippen LogP contribution in [0.15, 0.2) is 24.3 Å². The van der Waals surface area contributed by atoms with Crippen molar-refractivity contribution in [1.29, 1.82) is 0 Å². The Kier molecular flexibility index (Phi) is 18.0. The molecule has 0 amide bonds. The van der Waals surface area contributed by atoms with Crippen LogP contribution in [0.4, 0.5) is 5.69 Å². The quantitative estimate of drug-likeness (QED) is 0.619. The number of rotatable bonds is 6. The van der Waals surface area contributed by atoms with Gasteiger partial charge in [0.2, 0.25) is 0 Å². The molecule has 3 N–H and O–H groups in total. The van der Waals surface area contributed by atoms with E-state index in [9.17, 15) is 0 Å². The average molecular weight is 284 g/mol. The second kappa shape index (κ2) is 17.4. The largest absolute Gasteiger partial charge is 0.491 e. The van der Waals surface area contributed by atoms with E-state index in [0.29, 0.717) is 19.5 Å². The zero-order chi connectivity index (χ0) is 15.6. The molecule has 20 heavy (non-hydrogen) atoms. The molecule has 0 bridgehead atoms. The van der Waals surface area contributed by atoms with Crippen LogP contribution in [0.25, 0.3) is 0 Å². The highest BCUT2D eigenvalue weighted by Crippen LogP contribution is 2.16. The first-order chi connectivity index (χ1) is 9.69. The molecule has 0 aliphatic heterocycles. The van der Waals surface area contributed by atoms with Crippen LogP contribution in [-0.4, -0.2) is 40.2 Å². The molecular formula is C15H28N2O3. The van der Waals surface area contributed by atoms with Crippen molar-refractivity contribution in [3.05, 3.63) is 24.3 Å². The minimum Gasteiger partial charge on any atom is -0.491 e. The maximum atomic E-state index is 9.05. The number of aldehydes is 1. The standard InChI is InChI=1S/C10H15NO2.C3H8.C2H5NO/c1-11-9-4-3-5-10(8-9)13-7-6-12-2;1-3-2;3-1-2-4/h3-5,8,11H,6-7H2,1-2H3;3H2,1-2H3;2H,1,3H2. The van der Waals surface area contributed by atoms with E-state index in [-0.39, 0.29) is 6.54 Å². The van der Waals surface area contributed by atoms with Crippen LogP contribution in [0.5, 0.6) is 5.75 Å². The minimum atomic E-state index is 0.139. The van der Waals surface area contributed by atoms with E-state index in [1.165, 1.54) is 6.42 Å². The maximum absolute atomic E-state index is 9.05. The van der Waals surface area contributed by atoms with Crippen LogP contribution in [0.1, 0.15) is 20.3 Å². The van der Waals surface area contributed by atoms with Crippen molar-refractivity contribution in [2.45, 2.75) is 20.3 Å². The third-order valence-corrected chi connectivity index (χ3v) is 1.78. The van der Waals surface area contributed by atoms with Gasteiger partial charge in [0.1, 0.15) is 18.6 Å². The predicted octanol–water partition coefficient (Wildman–Crippen LogP) is 2.31. The molecule has 1 rings (SSSR count). The number of hydrogen-bond donors (Lipinski definition) is 2. The van der Waals surface area contributed by atoms with Gasteiger partial charge in [-0.05, 0) is 12.1 Å². The van der Waals surface area contributed by atoms with Gasteiger partial charge in [-0.3, -0.25) is 0 Å². The third-order valence-electron chi connectivity index (χ3n) is 1.78. The highest BCUT2D eigenvalue weighted by atomic mass is 16.5. The van der Waals surface area contributed by atoms with Crippen LogP contribution in [0, 0.1) is 0 Å². The molecule has 5 heteroatoms.